The average Bonchev–Trinajstić information content (AvgIpc) is 3.09. The quantitative estimate of drug-likeness (QED) is 0.496. The Kier molecular flexibility index (Phi) is 5.19. The van der Waals surface area contributed by atoms with Crippen LogP contribution < -0.4 is 4.74 Å². The Morgan fingerprint density at radius 3 is 2.56 bits per heavy atom. The van der Waals surface area contributed by atoms with Crippen molar-refractivity contribution in [1.29, 1.82) is 0 Å². The van der Waals surface area contributed by atoms with E-state index in [9.17, 15) is 4.79 Å². The lowest BCUT2D eigenvalue weighted by atomic mass is 10.1. The van der Waals surface area contributed by atoms with E-state index in [1.54, 1.807) is 37.7 Å². The van der Waals surface area contributed by atoms with Crippen LogP contribution in [0.5, 0.6) is 5.75 Å². The van der Waals surface area contributed by atoms with E-state index < -0.39 is 0 Å². The molecule has 0 aliphatic carbocycles. The summed E-state index contributed by atoms with van der Waals surface area (Å²) in [5.41, 5.74) is 2.79. The molecule has 0 radical (unpaired) electrons. The lowest BCUT2D eigenvalue weighted by molar-refractivity contribution is 0.0994. The Morgan fingerprint density at radius 1 is 1.16 bits per heavy atom. The van der Waals surface area contributed by atoms with Crippen LogP contribution in [0.2, 0.25) is 0 Å². The van der Waals surface area contributed by atoms with Crippen molar-refractivity contribution >= 4 is 17.5 Å². The molecule has 0 aliphatic rings. The molecule has 5 nitrogen and oxygen atoms in total. The van der Waals surface area contributed by atoms with Crippen LogP contribution in [0.1, 0.15) is 22.8 Å². The summed E-state index contributed by atoms with van der Waals surface area (Å²) in [5.74, 6) is 0.781. The Bertz CT molecular complexity index is 874. The Hall–Kier alpha value is -2.60. The minimum atomic E-state index is -0.277. The number of carbonyl (C=O) groups excluding carboxylic acids is 1. The molecule has 128 valence electrons. The van der Waals surface area contributed by atoms with Gasteiger partial charge in [-0.2, -0.15) is 0 Å². The van der Waals surface area contributed by atoms with E-state index in [-0.39, 0.29) is 11.0 Å². The molecule has 0 N–H and O–H groups in total. The molecule has 0 saturated heterocycles. The second kappa shape index (κ2) is 7.53. The summed E-state index contributed by atoms with van der Waals surface area (Å²) in [6.07, 6.45) is 1.68. The molecule has 3 aromatic rings. The number of Topliss-reactive ketones (excluding diaryl/α,β-unsaturated/α-hetero) is 1. The van der Waals surface area contributed by atoms with Gasteiger partial charge in [-0.25, -0.2) is 0 Å². The molecular formula is C19H19N3O2S. The minimum absolute atomic E-state index is 0.0481. The molecule has 0 aliphatic heterocycles. The number of thioether (sulfide) groups is 1. The number of methoxy groups -OCH3 is 1. The van der Waals surface area contributed by atoms with Crippen LogP contribution in [0.3, 0.4) is 0 Å². The van der Waals surface area contributed by atoms with E-state index in [4.69, 9.17) is 4.74 Å². The van der Waals surface area contributed by atoms with E-state index in [1.807, 2.05) is 42.7 Å². The number of aromatic nitrogens is 3. The molecule has 0 saturated carbocycles. The largest absolute Gasteiger partial charge is 0.497 e. The minimum Gasteiger partial charge on any atom is -0.497 e. The molecule has 0 amide bonds. The van der Waals surface area contributed by atoms with Gasteiger partial charge in [-0.05, 0) is 49.7 Å². The summed E-state index contributed by atoms with van der Waals surface area (Å²) in [6, 6.07) is 15.2. The SMILES string of the molecule is COc1ccc(C(=O)[C@H](C)Sc2nncn2-c2ccccc2C)cc1. The summed E-state index contributed by atoms with van der Waals surface area (Å²) in [5, 5.41) is 8.61. The van der Waals surface area contributed by atoms with Gasteiger partial charge >= 0.3 is 0 Å². The number of hydrogen-bond acceptors (Lipinski definition) is 5. The van der Waals surface area contributed by atoms with Gasteiger partial charge in [0.05, 0.1) is 18.0 Å². The number of carbonyl (C=O) groups is 1. The van der Waals surface area contributed by atoms with Crippen molar-refractivity contribution < 1.29 is 9.53 Å². The van der Waals surface area contributed by atoms with Crippen LogP contribution in [0.25, 0.3) is 5.69 Å². The molecular weight excluding hydrogens is 334 g/mol. The zero-order valence-corrected chi connectivity index (χ0v) is 15.2. The monoisotopic (exact) mass is 353 g/mol. The van der Waals surface area contributed by atoms with Crippen molar-refractivity contribution in [2.75, 3.05) is 7.11 Å². The lowest BCUT2D eigenvalue weighted by Gasteiger charge is -2.12. The normalized spacial score (nSPS) is 12.0. The Morgan fingerprint density at radius 2 is 1.88 bits per heavy atom. The number of rotatable bonds is 6. The van der Waals surface area contributed by atoms with Gasteiger partial charge in [-0.3, -0.25) is 9.36 Å². The first-order valence-corrected chi connectivity index (χ1v) is 8.79. The molecule has 1 atom stereocenters. The molecule has 1 aromatic heterocycles. The van der Waals surface area contributed by atoms with Gasteiger partial charge in [-0.15, -0.1) is 10.2 Å². The van der Waals surface area contributed by atoms with E-state index in [0.29, 0.717) is 10.7 Å². The maximum atomic E-state index is 12.7. The van der Waals surface area contributed by atoms with Gasteiger partial charge < -0.3 is 4.74 Å². The number of aryl methyl sites for hydroxylation is 1. The number of ether oxygens (including phenoxy) is 1. The van der Waals surface area contributed by atoms with E-state index in [1.165, 1.54) is 11.8 Å². The molecule has 0 fully saturated rings. The van der Waals surface area contributed by atoms with Gasteiger partial charge in [0.15, 0.2) is 10.9 Å². The summed E-state index contributed by atoms with van der Waals surface area (Å²) in [4.78, 5) is 12.7. The molecule has 0 unspecified atom stereocenters. The highest BCUT2D eigenvalue weighted by Crippen LogP contribution is 2.27. The Balaban J connectivity index is 1.79. The van der Waals surface area contributed by atoms with Crippen molar-refractivity contribution in [1.82, 2.24) is 14.8 Å². The molecule has 3 rings (SSSR count). The molecule has 6 heteroatoms. The summed E-state index contributed by atoms with van der Waals surface area (Å²) in [6.45, 7) is 3.92. The first-order valence-electron chi connectivity index (χ1n) is 7.91. The summed E-state index contributed by atoms with van der Waals surface area (Å²) in [7, 11) is 1.60. The zero-order chi connectivity index (χ0) is 17.8. The third-order valence-corrected chi connectivity index (χ3v) is 4.97. The van der Waals surface area contributed by atoms with Gasteiger partial charge in [-0.1, -0.05) is 30.0 Å². The predicted molar refractivity (Wildman–Crippen MR) is 98.7 cm³/mol. The van der Waals surface area contributed by atoms with Gasteiger partial charge in [0, 0.05) is 5.56 Å². The Labute approximate surface area is 151 Å². The topological polar surface area (TPSA) is 57.0 Å². The first kappa shape index (κ1) is 17.2. The molecule has 0 bridgehead atoms. The molecule has 2 aromatic carbocycles. The first-order chi connectivity index (χ1) is 12.1. The van der Waals surface area contributed by atoms with Crippen molar-refractivity contribution in [3.05, 3.63) is 66.0 Å². The van der Waals surface area contributed by atoms with Crippen LogP contribution in [0.15, 0.2) is 60.0 Å². The lowest BCUT2D eigenvalue weighted by Crippen LogP contribution is -2.14. The maximum Gasteiger partial charge on any atom is 0.196 e. The highest BCUT2D eigenvalue weighted by Gasteiger charge is 2.20. The standard InChI is InChI=1S/C19H19N3O2S/c1-13-6-4-5-7-17(13)22-12-20-21-19(22)25-14(2)18(23)15-8-10-16(24-3)11-9-15/h4-12,14H,1-3H3/t14-/m0/s1. The molecule has 0 spiro atoms. The molecule has 1 heterocycles. The fourth-order valence-electron chi connectivity index (χ4n) is 2.51. The van der Waals surface area contributed by atoms with E-state index in [2.05, 4.69) is 10.2 Å². The van der Waals surface area contributed by atoms with E-state index >= 15 is 0 Å². The smallest absolute Gasteiger partial charge is 0.196 e. The van der Waals surface area contributed by atoms with Crippen molar-refractivity contribution in [3.8, 4) is 11.4 Å². The second-order valence-corrected chi connectivity index (χ2v) is 6.93. The fraction of sp³-hybridized carbons (Fsp3) is 0.211. The zero-order valence-electron chi connectivity index (χ0n) is 14.3. The number of para-hydroxylation sites is 1. The summed E-state index contributed by atoms with van der Waals surface area (Å²) >= 11 is 1.40. The van der Waals surface area contributed by atoms with Crippen LogP contribution in [-0.2, 0) is 0 Å². The van der Waals surface area contributed by atoms with Crippen LogP contribution >= 0.6 is 11.8 Å². The average molecular weight is 353 g/mol. The number of nitrogens with zero attached hydrogens (tertiary/aromatic N) is 3. The van der Waals surface area contributed by atoms with Crippen molar-refractivity contribution in [3.63, 3.8) is 0 Å². The van der Waals surface area contributed by atoms with Crippen LogP contribution in [0, 0.1) is 6.92 Å². The molecule has 25 heavy (non-hydrogen) atoms. The fourth-order valence-corrected chi connectivity index (χ4v) is 3.42. The number of hydrogen-bond donors (Lipinski definition) is 0. The van der Waals surface area contributed by atoms with E-state index in [0.717, 1.165) is 17.0 Å². The predicted octanol–water partition coefficient (Wildman–Crippen LogP) is 3.95. The number of benzene rings is 2. The third-order valence-electron chi connectivity index (χ3n) is 3.92. The van der Waals surface area contributed by atoms with Crippen molar-refractivity contribution in [2.24, 2.45) is 0 Å². The number of ketones is 1. The van der Waals surface area contributed by atoms with Crippen molar-refractivity contribution in [2.45, 2.75) is 24.3 Å². The highest BCUT2D eigenvalue weighted by atomic mass is 32.2. The van der Waals surface area contributed by atoms with Crippen LogP contribution in [0.4, 0.5) is 0 Å². The van der Waals surface area contributed by atoms with Gasteiger partial charge in [0.2, 0.25) is 0 Å². The maximum absolute atomic E-state index is 12.7. The highest BCUT2D eigenvalue weighted by molar-refractivity contribution is 8.00. The van der Waals surface area contributed by atoms with Gasteiger partial charge in [0.1, 0.15) is 12.1 Å². The second-order valence-electron chi connectivity index (χ2n) is 5.62. The van der Waals surface area contributed by atoms with Gasteiger partial charge in [0.25, 0.3) is 0 Å². The third kappa shape index (κ3) is 3.74. The summed E-state index contributed by atoms with van der Waals surface area (Å²) < 4.78 is 7.05. The van der Waals surface area contributed by atoms with Crippen LogP contribution in [-0.4, -0.2) is 32.9 Å².